The number of hydrogen-bond donors (Lipinski definition) is 1. The number of thioether (sulfide) groups is 1. The van der Waals surface area contributed by atoms with Crippen molar-refractivity contribution >= 4 is 23.3 Å². The van der Waals surface area contributed by atoms with Crippen LogP contribution in [0.4, 0.5) is 8.78 Å². The highest BCUT2D eigenvalue weighted by Crippen LogP contribution is 2.34. The fraction of sp³-hybridized carbons (Fsp3) is 0.259. The minimum atomic E-state index is -0.618. The third-order valence-electron chi connectivity index (χ3n) is 6.28. The van der Waals surface area contributed by atoms with Crippen LogP contribution in [0.5, 0.6) is 5.75 Å². The van der Waals surface area contributed by atoms with Gasteiger partial charge in [0.1, 0.15) is 23.0 Å². The number of fused-ring (bicyclic) bond motifs is 1. The van der Waals surface area contributed by atoms with Gasteiger partial charge in [-0.3, -0.25) is 9.69 Å². The minimum absolute atomic E-state index is 0.132. The first kappa shape index (κ1) is 24.3. The van der Waals surface area contributed by atoms with Gasteiger partial charge in [-0.2, -0.15) is 0 Å². The maximum Gasteiger partial charge on any atom is 0.237 e. The average Bonchev–Trinajstić information content (AvgIpc) is 3.48. The molecule has 1 aliphatic heterocycles. The SMILES string of the molecule is COc1ccc(S[C@@H]2C[C@@H](C(=O)NCc3cn4ccccc4n3)N(Cc3ccc(F)cc3F)C2)cc1. The number of imidazole rings is 1. The molecule has 0 spiro atoms. The third kappa shape index (κ3) is 5.52. The van der Waals surface area contributed by atoms with E-state index in [1.807, 2.05) is 64.2 Å². The summed E-state index contributed by atoms with van der Waals surface area (Å²) in [5.41, 5.74) is 1.93. The summed E-state index contributed by atoms with van der Waals surface area (Å²) in [6.45, 7) is 1.12. The van der Waals surface area contributed by atoms with Crippen molar-refractivity contribution in [2.75, 3.05) is 13.7 Å². The van der Waals surface area contributed by atoms with Gasteiger partial charge in [0.05, 0.1) is 25.4 Å². The molecule has 0 unspecified atom stereocenters. The van der Waals surface area contributed by atoms with E-state index in [9.17, 15) is 13.6 Å². The Hall–Kier alpha value is -3.43. The van der Waals surface area contributed by atoms with Crippen molar-refractivity contribution in [3.63, 3.8) is 0 Å². The van der Waals surface area contributed by atoms with E-state index in [1.54, 1.807) is 18.9 Å². The monoisotopic (exact) mass is 508 g/mol. The van der Waals surface area contributed by atoms with Crippen LogP contribution in [0.3, 0.4) is 0 Å². The van der Waals surface area contributed by atoms with E-state index in [0.29, 0.717) is 25.1 Å². The van der Waals surface area contributed by atoms with Gasteiger partial charge in [0.2, 0.25) is 5.91 Å². The molecule has 1 amide bonds. The number of rotatable bonds is 8. The number of pyridine rings is 1. The van der Waals surface area contributed by atoms with Crippen molar-refractivity contribution in [2.24, 2.45) is 0 Å². The number of carbonyl (C=O) groups is 1. The first-order chi connectivity index (χ1) is 17.5. The number of halogens is 2. The number of methoxy groups -OCH3 is 1. The van der Waals surface area contributed by atoms with Gasteiger partial charge in [-0.25, -0.2) is 13.8 Å². The summed E-state index contributed by atoms with van der Waals surface area (Å²) in [4.78, 5) is 20.9. The first-order valence-corrected chi connectivity index (χ1v) is 12.6. The van der Waals surface area contributed by atoms with Gasteiger partial charge in [0, 0.05) is 47.3 Å². The molecular weight excluding hydrogens is 482 g/mol. The van der Waals surface area contributed by atoms with Crippen LogP contribution in [0.1, 0.15) is 17.7 Å². The smallest absolute Gasteiger partial charge is 0.237 e. The summed E-state index contributed by atoms with van der Waals surface area (Å²) in [5.74, 6) is -0.576. The van der Waals surface area contributed by atoms with Crippen molar-refractivity contribution in [1.29, 1.82) is 0 Å². The van der Waals surface area contributed by atoms with Crippen molar-refractivity contribution < 1.29 is 18.3 Å². The van der Waals surface area contributed by atoms with E-state index in [2.05, 4.69) is 10.3 Å². The van der Waals surface area contributed by atoms with Crippen LogP contribution in [-0.4, -0.2) is 45.1 Å². The molecule has 1 fully saturated rings. The maximum atomic E-state index is 14.4. The molecule has 0 saturated carbocycles. The molecule has 186 valence electrons. The molecule has 2 atom stereocenters. The summed E-state index contributed by atoms with van der Waals surface area (Å²) in [6.07, 6.45) is 4.40. The van der Waals surface area contributed by atoms with E-state index < -0.39 is 17.7 Å². The number of nitrogens with one attached hydrogen (secondary N) is 1. The van der Waals surface area contributed by atoms with E-state index in [1.165, 1.54) is 12.1 Å². The normalized spacial score (nSPS) is 18.0. The number of amides is 1. The van der Waals surface area contributed by atoms with E-state index >= 15 is 0 Å². The van der Waals surface area contributed by atoms with Crippen molar-refractivity contribution in [1.82, 2.24) is 19.6 Å². The van der Waals surface area contributed by atoms with Crippen molar-refractivity contribution in [3.8, 4) is 5.75 Å². The molecular formula is C27H26F2N4O2S. The summed E-state index contributed by atoms with van der Waals surface area (Å²) < 4.78 is 35.0. The summed E-state index contributed by atoms with van der Waals surface area (Å²) in [5, 5.41) is 3.14. The predicted molar refractivity (Wildman–Crippen MR) is 135 cm³/mol. The number of aromatic nitrogens is 2. The molecule has 1 aliphatic rings. The van der Waals surface area contributed by atoms with Gasteiger partial charge >= 0.3 is 0 Å². The number of benzene rings is 2. The molecule has 0 bridgehead atoms. The Labute approximate surface area is 212 Å². The lowest BCUT2D eigenvalue weighted by Crippen LogP contribution is -2.42. The lowest BCUT2D eigenvalue weighted by atomic mass is 10.1. The Morgan fingerprint density at radius 2 is 2.00 bits per heavy atom. The fourth-order valence-electron chi connectivity index (χ4n) is 4.48. The Bertz CT molecular complexity index is 1330. The second-order valence-corrected chi connectivity index (χ2v) is 10.1. The predicted octanol–water partition coefficient (Wildman–Crippen LogP) is 4.67. The molecule has 9 heteroatoms. The Morgan fingerprint density at radius 1 is 1.17 bits per heavy atom. The second kappa shape index (κ2) is 10.7. The first-order valence-electron chi connectivity index (χ1n) is 11.7. The van der Waals surface area contributed by atoms with Crippen LogP contribution in [0.2, 0.25) is 0 Å². The van der Waals surface area contributed by atoms with Crippen LogP contribution in [0, 0.1) is 11.6 Å². The third-order valence-corrected chi connectivity index (χ3v) is 7.50. The summed E-state index contributed by atoms with van der Waals surface area (Å²) in [6, 6.07) is 16.7. The van der Waals surface area contributed by atoms with Crippen LogP contribution < -0.4 is 10.1 Å². The lowest BCUT2D eigenvalue weighted by molar-refractivity contribution is -0.125. The summed E-state index contributed by atoms with van der Waals surface area (Å²) >= 11 is 1.68. The Morgan fingerprint density at radius 3 is 2.75 bits per heavy atom. The second-order valence-electron chi connectivity index (χ2n) is 8.75. The topological polar surface area (TPSA) is 58.9 Å². The molecule has 5 rings (SSSR count). The average molecular weight is 509 g/mol. The molecule has 6 nitrogen and oxygen atoms in total. The molecule has 4 aromatic rings. The number of ether oxygens (including phenoxy) is 1. The van der Waals surface area contributed by atoms with Crippen LogP contribution in [-0.2, 0) is 17.9 Å². The maximum absolute atomic E-state index is 14.4. The zero-order chi connectivity index (χ0) is 25.1. The summed E-state index contributed by atoms with van der Waals surface area (Å²) in [7, 11) is 1.63. The molecule has 2 aromatic carbocycles. The highest BCUT2D eigenvalue weighted by atomic mass is 32.2. The highest BCUT2D eigenvalue weighted by molar-refractivity contribution is 8.00. The lowest BCUT2D eigenvalue weighted by Gasteiger charge is -2.23. The molecule has 3 heterocycles. The quantitative estimate of drug-likeness (QED) is 0.375. The zero-order valence-corrected chi connectivity index (χ0v) is 20.6. The molecule has 2 aromatic heterocycles. The van der Waals surface area contributed by atoms with E-state index in [4.69, 9.17) is 4.74 Å². The number of hydrogen-bond acceptors (Lipinski definition) is 5. The van der Waals surface area contributed by atoms with E-state index in [-0.39, 0.29) is 17.7 Å². The van der Waals surface area contributed by atoms with Crippen LogP contribution >= 0.6 is 11.8 Å². The van der Waals surface area contributed by atoms with Crippen LogP contribution in [0.15, 0.2) is 78.0 Å². The zero-order valence-electron chi connectivity index (χ0n) is 19.7. The van der Waals surface area contributed by atoms with Crippen LogP contribution in [0.25, 0.3) is 5.65 Å². The standard InChI is InChI=1S/C27H26F2N4O2S/c1-35-21-7-9-22(10-8-21)36-23-13-25(33(17-23)15-18-5-6-19(28)12-24(18)29)27(34)30-14-20-16-32-11-3-2-4-26(32)31-20/h2-12,16,23,25H,13-15,17H2,1H3,(H,30,34)/t23-,25+/m1/s1. The van der Waals surface area contributed by atoms with Gasteiger partial charge in [-0.15, -0.1) is 11.8 Å². The van der Waals surface area contributed by atoms with Gasteiger partial charge in [0.15, 0.2) is 0 Å². The molecule has 36 heavy (non-hydrogen) atoms. The van der Waals surface area contributed by atoms with Crippen molar-refractivity contribution in [2.45, 2.75) is 35.7 Å². The van der Waals surface area contributed by atoms with Gasteiger partial charge in [0.25, 0.3) is 0 Å². The molecule has 0 radical (unpaired) electrons. The number of carbonyl (C=O) groups excluding carboxylic acids is 1. The largest absolute Gasteiger partial charge is 0.497 e. The molecule has 1 N–H and O–H groups in total. The number of likely N-dealkylation sites (tertiary alicyclic amines) is 1. The van der Waals surface area contributed by atoms with Gasteiger partial charge < -0.3 is 14.5 Å². The molecule has 0 aliphatic carbocycles. The fourth-order valence-corrected chi connectivity index (χ4v) is 5.70. The number of nitrogens with zero attached hydrogens (tertiary/aromatic N) is 3. The Kier molecular flexibility index (Phi) is 7.20. The Balaban J connectivity index is 1.30. The highest BCUT2D eigenvalue weighted by Gasteiger charge is 2.37. The van der Waals surface area contributed by atoms with Gasteiger partial charge in [-0.05, 0) is 48.9 Å². The van der Waals surface area contributed by atoms with Crippen molar-refractivity contribution in [3.05, 3.63) is 95.9 Å². The van der Waals surface area contributed by atoms with Gasteiger partial charge in [-0.1, -0.05) is 12.1 Å². The van der Waals surface area contributed by atoms with E-state index in [0.717, 1.165) is 28.1 Å². The minimum Gasteiger partial charge on any atom is -0.497 e. The molecule has 1 saturated heterocycles.